The third-order valence-electron chi connectivity index (χ3n) is 8.51. The highest BCUT2D eigenvalue weighted by atomic mass is 16.5. The molecule has 0 amide bonds. The summed E-state index contributed by atoms with van der Waals surface area (Å²) >= 11 is 0. The number of nitrogens with zero attached hydrogens (tertiary/aromatic N) is 2. The lowest BCUT2D eigenvalue weighted by Crippen LogP contribution is -2.53. The molecular weight excluding hydrogens is 392 g/mol. The Morgan fingerprint density at radius 1 is 1.06 bits per heavy atom. The van der Waals surface area contributed by atoms with Gasteiger partial charge in [0.05, 0.1) is 38.6 Å². The van der Waals surface area contributed by atoms with Crippen molar-refractivity contribution in [1.82, 2.24) is 9.80 Å². The van der Waals surface area contributed by atoms with Crippen LogP contribution in [0.25, 0.3) is 0 Å². The summed E-state index contributed by atoms with van der Waals surface area (Å²) in [4.78, 5) is 5.17. The first kappa shape index (κ1) is 22.3. The number of fused-ring (bicyclic) bond motifs is 2. The number of hydrogen-bond donors (Lipinski definition) is 1. The minimum atomic E-state index is 0.201. The number of aliphatic hydroxyl groups is 1. The van der Waals surface area contributed by atoms with Crippen molar-refractivity contribution >= 4 is 0 Å². The molecule has 0 aromatic rings. The van der Waals surface area contributed by atoms with Gasteiger partial charge in [0.25, 0.3) is 0 Å². The topological polar surface area (TPSA) is 54.4 Å². The molecule has 31 heavy (non-hydrogen) atoms. The lowest BCUT2D eigenvalue weighted by Gasteiger charge is -2.42. The largest absolute Gasteiger partial charge is 0.394 e. The van der Waals surface area contributed by atoms with Crippen molar-refractivity contribution in [3.8, 4) is 0 Å². The normalized spacial score (nSPS) is 35.7. The summed E-state index contributed by atoms with van der Waals surface area (Å²) < 4.78 is 18.3. The molecule has 0 aromatic heterocycles. The molecule has 2 saturated heterocycles. The molecule has 2 saturated carbocycles. The minimum absolute atomic E-state index is 0.201. The lowest BCUT2D eigenvalue weighted by atomic mass is 10.0. The van der Waals surface area contributed by atoms with Crippen LogP contribution in [0.15, 0.2) is 12.2 Å². The van der Waals surface area contributed by atoms with E-state index in [1.54, 1.807) is 0 Å². The summed E-state index contributed by atoms with van der Waals surface area (Å²) in [6.45, 7) is 9.82. The zero-order valence-electron chi connectivity index (χ0n) is 19.3. The maximum absolute atomic E-state index is 9.55. The Kier molecular flexibility index (Phi) is 6.76. The first-order valence-corrected chi connectivity index (χ1v) is 12.7. The standard InChI is InChI=1S/C25H42N2O4/c1-2-29-18-25(10-11-25)17-27-21-5-6-22(27)23(31-15-21)7-13-30-19-24(8-9-24)16-26-12-3-4-20(26)14-28/h3-4,20-23,28H,2,5-19H2,1H3. The van der Waals surface area contributed by atoms with Crippen LogP contribution in [0.5, 0.6) is 0 Å². The molecule has 0 spiro atoms. The van der Waals surface area contributed by atoms with Crippen LogP contribution in [0.3, 0.4) is 0 Å². The van der Waals surface area contributed by atoms with Gasteiger partial charge in [-0.1, -0.05) is 12.2 Å². The molecule has 1 N–H and O–H groups in total. The highest BCUT2D eigenvalue weighted by molar-refractivity contribution is 5.07. The second-order valence-corrected chi connectivity index (χ2v) is 10.9. The van der Waals surface area contributed by atoms with Gasteiger partial charge in [-0.2, -0.15) is 0 Å². The third-order valence-corrected chi connectivity index (χ3v) is 8.51. The molecule has 5 rings (SSSR count). The summed E-state index contributed by atoms with van der Waals surface area (Å²) in [5.74, 6) is 0. The van der Waals surface area contributed by atoms with Gasteiger partial charge in [0, 0.05) is 55.8 Å². The fraction of sp³-hybridized carbons (Fsp3) is 0.920. The van der Waals surface area contributed by atoms with Crippen molar-refractivity contribution < 1.29 is 19.3 Å². The zero-order valence-corrected chi connectivity index (χ0v) is 19.3. The quantitative estimate of drug-likeness (QED) is 0.355. The van der Waals surface area contributed by atoms with Gasteiger partial charge in [0.1, 0.15) is 0 Å². The average Bonchev–Trinajstić information content (AvgIpc) is 3.65. The van der Waals surface area contributed by atoms with Gasteiger partial charge in [-0.25, -0.2) is 0 Å². The second-order valence-electron chi connectivity index (χ2n) is 10.9. The van der Waals surface area contributed by atoms with Gasteiger partial charge in [-0.05, 0) is 51.9 Å². The van der Waals surface area contributed by atoms with E-state index < -0.39 is 0 Å². The Balaban J connectivity index is 1.06. The summed E-state index contributed by atoms with van der Waals surface area (Å²) in [6.07, 6.45) is 13.3. The molecule has 6 heteroatoms. The van der Waals surface area contributed by atoms with E-state index in [1.807, 2.05) is 0 Å². The van der Waals surface area contributed by atoms with Crippen LogP contribution in [-0.2, 0) is 14.2 Å². The number of hydrogen-bond acceptors (Lipinski definition) is 6. The van der Waals surface area contributed by atoms with Crippen LogP contribution in [0, 0.1) is 10.8 Å². The molecule has 3 heterocycles. The Morgan fingerprint density at radius 2 is 1.84 bits per heavy atom. The molecular formula is C25H42N2O4. The Bertz CT molecular complexity index is 633. The summed E-state index contributed by atoms with van der Waals surface area (Å²) in [6, 6.07) is 1.38. The van der Waals surface area contributed by atoms with Gasteiger partial charge in [0.2, 0.25) is 0 Å². The fourth-order valence-corrected chi connectivity index (χ4v) is 6.06. The molecule has 2 bridgehead atoms. The first-order valence-electron chi connectivity index (χ1n) is 12.7. The smallest absolute Gasteiger partial charge is 0.0753 e. The fourth-order valence-electron chi connectivity index (χ4n) is 6.06. The first-order chi connectivity index (χ1) is 15.2. The monoisotopic (exact) mass is 434 g/mol. The lowest BCUT2D eigenvalue weighted by molar-refractivity contribution is -0.0951. The second kappa shape index (κ2) is 9.40. The zero-order chi connectivity index (χ0) is 21.3. The van der Waals surface area contributed by atoms with Crippen molar-refractivity contribution in [2.75, 3.05) is 59.3 Å². The molecule has 4 fully saturated rings. The van der Waals surface area contributed by atoms with E-state index in [9.17, 15) is 5.11 Å². The highest BCUT2D eigenvalue weighted by Crippen LogP contribution is 2.49. The van der Waals surface area contributed by atoms with Gasteiger partial charge in [-0.3, -0.25) is 9.80 Å². The van der Waals surface area contributed by atoms with E-state index >= 15 is 0 Å². The number of rotatable bonds is 13. The van der Waals surface area contributed by atoms with Crippen molar-refractivity contribution in [3.05, 3.63) is 12.2 Å². The third kappa shape index (κ3) is 5.04. The van der Waals surface area contributed by atoms with Crippen molar-refractivity contribution in [3.63, 3.8) is 0 Å². The Labute approximate surface area is 187 Å². The van der Waals surface area contributed by atoms with Crippen LogP contribution in [0.2, 0.25) is 0 Å². The van der Waals surface area contributed by atoms with Crippen LogP contribution in [0.4, 0.5) is 0 Å². The van der Waals surface area contributed by atoms with Gasteiger partial charge >= 0.3 is 0 Å². The van der Waals surface area contributed by atoms with Crippen molar-refractivity contribution in [2.24, 2.45) is 10.8 Å². The highest BCUT2D eigenvalue weighted by Gasteiger charge is 2.51. The molecule has 6 nitrogen and oxygen atoms in total. The average molecular weight is 435 g/mol. The number of ether oxygens (including phenoxy) is 3. The predicted octanol–water partition coefficient (Wildman–Crippen LogP) is 2.45. The molecule has 0 radical (unpaired) electrons. The van der Waals surface area contributed by atoms with E-state index in [4.69, 9.17) is 14.2 Å². The number of morpholine rings is 1. The van der Waals surface area contributed by atoms with E-state index in [0.717, 1.165) is 52.5 Å². The Morgan fingerprint density at radius 3 is 2.58 bits per heavy atom. The summed E-state index contributed by atoms with van der Waals surface area (Å²) in [5, 5.41) is 9.55. The maximum Gasteiger partial charge on any atom is 0.0753 e. The van der Waals surface area contributed by atoms with Gasteiger partial charge < -0.3 is 19.3 Å². The van der Waals surface area contributed by atoms with Crippen LogP contribution in [-0.4, -0.2) is 98.4 Å². The van der Waals surface area contributed by atoms with Crippen LogP contribution >= 0.6 is 0 Å². The summed E-state index contributed by atoms with van der Waals surface area (Å²) in [7, 11) is 0. The predicted molar refractivity (Wildman–Crippen MR) is 120 cm³/mol. The van der Waals surface area contributed by atoms with E-state index in [-0.39, 0.29) is 12.6 Å². The van der Waals surface area contributed by atoms with E-state index in [2.05, 4.69) is 28.9 Å². The molecule has 4 unspecified atom stereocenters. The molecule has 5 aliphatic rings. The van der Waals surface area contributed by atoms with Crippen molar-refractivity contribution in [2.45, 2.75) is 76.1 Å². The van der Waals surface area contributed by atoms with Gasteiger partial charge in [0.15, 0.2) is 0 Å². The van der Waals surface area contributed by atoms with Crippen LogP contribution in [0.1, 0.15) is 51.9 Å². The molecule has 3 aliphatic heterocycles. The van der Waals surface area contributed by atoms with Crippen molar-refractivity contribution in [1.29, 1.82) is 0 Å². The number of aliphatic hydroxyl groups excluding tert-OH is 1. The molecule has 4 atom stereocenters. The molecule has 0 aromatic carbocycles. The summed E-state index contributed by atoms with van der Waals surface area (Å²) in [5.41, 5.74) is 0.736. The van der Waals surface area contributed by atoms with E-state index in [1.165, 1.54) is 45.1 Å². The Hall–Kier alpha value is -0.500. The van der Waals surface area contributed by atoms with Crippen LogP contribution < -0.4 is 0 Å². The van der Waals surface area contributed by atoms with Gasteiger partial charge in [-0.15, -0.1) is 0 Å². The van der Waals surface area contributed by atoms with E-state index in [0.29, 0.717) is 29.0 Å². The minimum Gasteiger partial charge on any atom is -0.394 e. The SMILES string of the molecule is CCOCC1(CN2C3CCC2C(CCOCC2(CN4CC=CC4CO)CC2)OC3)CC1. The molecule has 176 valence electrons. The molecule has 2 aliphatic carbocycles. The maximum atomic E-state index is 9.55.